The van der Waals surface area contributed by atoms with Crippen molar-refractivity contribution < 1.29 is 38.0 Å². The van der Waals surface area contributed by atoms with Crippen LogP contribution >= 0.6 is 0 Å². The molecular weight excluding hydrogens is 656 g/mol. The lowest BCUT2D eigenvalue weighted by atomic mass is 9.98. The van der Waals surface area contributed by atoms with E-state index in [1.54, 1.807) is 6.08 Å². The Hall–Kier alpha value is -6.16. The predicted molar refractivity (Wildman–Crippen MR) is 202 cm³/mol. The molecule has 0 saturated carbocycles. The zero-order chi connectivity index (χ0) is 37.1. The Bertz CT molecular complexity index is 1880. The van der Waals surface area contributed by atoms with Crippen LogP contribution in [0.3, 0.4) is 0 Å². The Morgan fingerprint density at radius 3 is 1.87 bits per heavy atom. The lowest BCUT2D eigenvalue weighted by Gasteiger charge is -2.11. The number of hydrogen-bond acceptors (Lipinski definition) is 8. The molecule has 0 heterocycles. The molecule has 1 unspecified atom stereocenters. The lowest BCUT2D eigenvalue weighted by Crippen LogP contribution is -2.06. The summed E-state index contributed by atoms with van der Waals surface area (Å²) in [6, 6.07) is 19.7. The summed E-state index contributed by atoms with van der Waals surface area (Å²) in [5.74, 6) is 4.62. The summed E-state index contributed by atoms with van der Waals surface area (Å²) in [5, 5.41) is 0. The van der Waals surface area contributed by atoms with E-state index >= 15 is 0 Å². The molecule has 5 rings (SSSR count). The van der Waals surface area contributed by atoms with E-state index in [2.05, 4.69) is 36.9 Å². The molecule has 0 fully saturated rings. The number of esters is 2. The van der Waals surface area contributed by atoms with Crippen LogP contribution < -0.4 is 14.2 Å². The van der Waals surface area contributed by atoms with Crippen LogP contribution in [0.1, 0.15) is 49.3 Å². The first-order valence-corrected chi connectivity index (χ1v) is 17.2. The van der Waals surface area contributed by atoms with Crippen LogP contribution in [0.25, 0.3) is 11.1 Å². The van der Waals surface area contributed by atoms with E-state index in [9.17, 15) is 9.59 Å². The first kappa shape index (κ1) is 38.6. The number of allylic oxidation sites excluding steroid dienone is 2. The molecule has 2 aliphatic rings. The number of rotatable bonds is 18. The van der Waals surface area contributed by atoms with Gasteiger partial charge in [0.2, 0.25) is 0 Å². The summed E-state index contributed by atoms with van der Waals surface area (Å²) in [6.45, 7) is 12.9. The Labute approximate surface area is 306 Å². The third-order valence-electron chi connectivity index (χ3n) is 7.76. The molecule has 0 aromatic heterocycles. The summed E-state index contributed by atoms with van der Waals surface area (Å²) < 4.78 is 33.7. The highest BCUT2D eigenvalue weighted by Gasteiger charge is 2.28. The van der Waals surface area contributed by atoms with Crippen molar-refractivity contribution in [3.63, 3.8) is 0 Å². The standard InChI is InChI=1S/C42H38O8.C2H6/c1-4-36-39-26-34(49-28-30-10-7-11-32(15-12-30)45-22-8-24-47-41(43)5-2)18-20-37(39)38-21-19-35(27-40(36)38)50-29-31-13-16-33(17-14-31)46-23-9-25-48-42(44)6-3;1-2/h1,5-7,10,12-21,26-27,36H,2-3,8-9,22-25,28-29H2;1-2H3. The van der Waals surface area contributed by atoms with Crippen molar-refractivity contribution in [1.29, 1.82) is 0 Å². The lowest BCUT2D eigenvalue weighted by molar-refractivity contribution is -0.138. The number of terminal acetylenes is 1. The molecule has 8 nitrogen and oxygen atoms in total. The van der Waals surface area contributed by atoms with E-state index in [1.807, 2.05) is 80.6 Å². The summed E-state index contributed by atoms with van der Waals surface area (Å²) in [5.41, 5.74) is 9.24. The van der Waals surface area contributed by atoms with Gasteiger partial charge in [-0.15, -0.1) is 6.42 Å². The van der Waals surface area contributed by atoms with E-state index < -0.39 is 11.9 Å². The fraction of sp³-hybridized carbons (Fsp3) is 0.250. The van der Waals surface area contributed by atoms with Gasteiger partial charge in [0.15, 0.2) is 5.76 Å². The van der Waals surface area contributed by atoms with Gasteiger partial charge in [-0.2, -0.15) is 0 Å². The van der Waals surface area contributed by atoms with Crippen molar-refractivity contribution in [3.05, 3.63) is 144 Å². The van der Waals surface area contributed by atoms with Crippen molar-refractivity contribution >= 4 is 11.9 Å². The van der Waals surface area contributed by atoms with Gasteiger partial charge in [0.05, 0.1) is 32.3 Å². The van der Waals surface area contributed by atoms with Gasteiger partial charge < -0.3 is 28.4 Å². The third kappa shape index (κ3) is 11.2. The van der Waals surface area contributed by atoms with Gasteiger partial charge in [-0.1, -0.05) is 69.0 Å². The molecule has 0 spiro atoms. The minimum Gasteiger partial charge on any atom is -0.493 e. The minimum atomic E-state index is -0.447. The molecule has 0 saturated heterocycles. The van der Waals surface area contributed by atoms with Crippen molar-refractivity contribution in [1.82, 2.24) is 0 Å². The minimum absolute atomic E-state index is 0.229. The molecule has 0 aliphatic heterocycles. The Kier molecular flexibility index (Phi) is 15.2. The molecule has 8 heteroatoms. The van der Waals surface area contributed by atoms with Gasteiger partial charge in [0.1, 0.15) is 30.5 Å². The Morgan fingerprint density at radius 1 is 0.731 bits per heavy atom. The average Bonchev–Trinajstić information content (AvgIpc) is 3.31. The maximum atomic E-state index is 11.1. The molecular formula is C44H44O8. The van der Waals surface area contributed by atoms with Crippen LogP contribution in [-0.2, 0) is 30.4 Å². The third-order valence-corrected chi connectivity index (χ3v) is 7.76. The molecule has 0 N–H and O–H groups in total. The average molecular weight is 701 g/mol. The number of carbonyl (C=O) groups is 2. The summed E-state index contributed by atoms with van der Waals surface area (Å²) in [6.07, 6.45) is 17.0. The maximum absolute atomic E-state index is 11.1. The van der Waals surface area contributed by atoms with E-state index in [1.165, 1.54) is 0 Å². The Balaban J connectivity index is 0.00000297. The molecule has 3 aromatic rings. The fourth-order valence-corrected chi connectivity index (χ4v) is 5.25. The van der Waals surface area contributed by atoms with Gasteiger partial charge in [-0.25, -0.2) is 9.59 Å². The molecule has 268 valence electrons. The fourth-order valence-electron chi connectivity index (χ4n) is 5.25. The van der Waals surface area contributed by atoms with Crippen molar-refractivity contribution in [2.45, 2.75) is 39.2 Å². The smallest absolute Gasteiger partial charge is 0.330 e. The second kappa shape index (κ2) is 20.5. The van der Waals surface area contributed by atoms with Gasteiger partial charge in [-0.05, 0) is 88.0 Å². The number of benzene rings is 3. The maximum Gasteiger partial charge on any atom is 0.330 e. The van der Waals surface area contributed by atoms with Crippen LogP contribution in [-0.4, -0.2) is 45.0 Å². The first-order valence-electron chi connectivity index (χ1n) is 17.2. The van der Waals surface area contributed by atoms with Crippen LogP contribution in [0.5, 0.6) is 17.2 Å². The molecule has 3 aromatic carbocycles. The topological polar surface area (TPSA) is 89.5 Å². The highest BCUT2D eigenvalue weighted by atomic mass is 16.5. The van der Waals surface area contributed by atoms with Crippen molar-refractivity contribution in [2.75, 3.05) is 33.0 Å². The van der Waals surface area contributed by atoms with Crippen LogP contribution in [0, 0.1) is 12.3 Å². The van der Waals surface area contributed by atoms with Gasteiger partial charge in [0.25, 0.3) is 0 Å². The summed E-state index contributed by atoms with van der Waals surface area (Å²) >= 11 is 0. The van der Waals surface area contributed by atoms with E-state index in [-0.39, 0.29) is 19.1 Å². The van der Waals surface area contributed by atoms with Crippen molar-refractivity contribution in [2.24, 2.45) is 0 Å². The van der Waals surface area contributed by atoms with Gasteiger partial charge >= 0.3 is 11.9 Å². The van der Waals surface area contributed by atoms with E-state index in [4.69, 9.17) is 34.8 Å². The normalized spacial score (nSPS) is 13.3. The van der Waals surface area contributed by atoms with Crippen LogP contribution in [0.2, 0.25) is 0 Å². The molecule has 1 atom stereocenters. The van der Waals surface area contributed by atoms with Gasteiger partial charge in [-0.3, -0.25) is 0 Å². The zero-order valence-corrected chi connectivity index (χ0v) is 29.7. The predicted octanol–water partition coefficient (Wildman–Crippen LogP) is 8.59. The molecule has 0 bridgehead atoms. The number of hydrogen-bond donors (Lipinski definition) is 0. The molecule has 0 amide bonds. The Morgan fingerprint density at radius 2 is 1.29 bits per heavy atom. The SMILES string of the molecule is C#CC1c2cc(OCC3=CC=C=C(OCCCOC(=O)C=C)C=C3)ccc2-c2ccc(OCc3ccc(OCCCOC(=O)C=C)cc3)cc21.CC. The molecule has 0 radical (unpaired) electrons. The van der Waals surface area contributed by atoms with Crippen LogP contribution in [0.4, 0.5) is 0 Å². The monoisotopic (exact) mass is 700 g/mol. The zero-order valence-electron chi connectivity index (χ0n) is 29.7. The molecule has 52 heavy (non-hydrogen) atoms. The highest BCUT2D eigenvalue weighted by molar-refractivity contribution is 5.82. The van der Waals surface area contributed by atoms with Crippen molar-refractivity contribution in [3.8, 4) is 40.7 Å². The second-order valence-electron chi connectivity index (χ2n) is 11.2. The van der Waals surface area contributed by atoms with E-state index in [0.29, 0.717) is 45.0 Å². The van der Waals surface area contributed by atoms with Crippen LogP contribution in [0.15, 0.2) is 127 Å². The number of fused-ring (bicyclic) bond motifs is 3. The number of carbonyl (C=O) groups excluding carboxylic acids is 2. The summed E-state index contributed by atoms with van der Waals surface area (Å²) in [7, 11) is 0. The van der Waals surface area contributed by atoms with E-state index in [0.717, 1.165) is 62.8 Å². The van der Waals surface area contributed by atoms with Gasteiger partial charge in [0, 0.05) is 25.0 Å². The second-order valence-corrected chi connectivity index (χ2v) is 11.2. The molecule has 2 aliphatic carbocycles. The quantitative estimate of drug-likeness (QED) is 0.0429. The largest absolute Gasteiger partial charge is 0.493 e. The first-order chi connectivity index (χ1) is 25.5. The summed E-state index contributed by atoms with van der Waals surface area (Å²) in [4.78, 5) is 22.2. The highest BCUT2D eigenvalue weighted by Crippen LogP contribution is 2.47. The number of ether oxygens (including phenoxy) is 6.